The molecule has 17 heavy (non-hydrogen) atoms. The van der Waals surface area contributed by atoms with Crippen LogP contribution in [0.2, 0.25) is 0 Å². The van der Waals surface area contributed by atoms with E-state index < -0.39 is 10.1 Å². The molecular formula is C9H19NO6S. The summed E-state index contributed by atoms with van der Waals surface area (Å²) in [5.74, 6) is 0. The Bertz CT molecular complexity index is 350. The maximum atomic E-state index is 11.2. The summed E-state index contributed by atoms with van der Waals surface area (Å²) in [6.07, 6.45) is 0.0331. The highest BCUT2D eigenvalue weighted by Gasteiger charge is 2.37. The fourth-order valence-corrected chi connectivity index (χ4v) is 1.16. The lowest BCUT2D eigenvalue weighted by atomic mass is 10.1. The molecule has 0 spiro atoms. The zero-order chi connectivity index (χ0) is 13.9. The fraction of sp³-hybridized carbons (Fsp3) is 0.889. The second kappa shape index (κ2) is 5.65. The molecule has 7 nitrogen and oxygen atoms in total. The number of hydrogen-bond donors (Lipinski definition) is 2. The van der Waals surface area contributed by atoms with Gasteiger partial charge in [-0.25, -0.2) is 4.79 Å². The first-order chi connectivity index (χ1) is 7.45. The van der Waals surface area contributed by atoms with Crippen molar-refractivity contribution in [1.82, 2.24) is 4.90 Å². The maximum absolute atomic E-state index is 11.2. The Morgan fingerprint density at radius 3 is 2.06 bits per heavy atom. The van der Waals surface area contributed by atoms with Gasteiger partial charge in [-0.3, -0.25) is 9.45 Å². The van der Waals surface area contributed by atoms with Gasteiger partial charge in [-0.2, -0.15) is 8.42 Å². The Kier molecular flexibility index (Phi) is 5.37. The molecular weight excluding hydrogens is 250 g/mol. The average molecular weight is 269 g/mol. The molecule has 0 radical (unpaired) electrons. The number of rotatable bonds is 1. The number of aliphatic hydroxyl groups excluding tert-OH is 1. The van der Waals surface area contributed by atoms with Crippen LogP contribution in [0.1, 0.15) is 20.8 Å². The van der Waals surface area contributed by atoms with Gasteiger partial charge in [0.25, 0.3) is 10.1 Å². The van der Waals surface area contributed by atoms with Gasteiger partial charge < -0.3 is 9.84 Å². The van der Waals surface area contributed by atoms with Crippen LogP contribution in [0.15, 0.2) is 0 Å². The first-order valence-electron chi connectivity index (χ1n) is 4.96. The van der Waals surface area contributed by atoms with Crippen LogP contribution in [0.3, 0.4) is 0 Å². The topological polar surface area (TPSA) is 104 Å². The lowest BCUT2D eigenvalue weighted by Gasteiger charge is -2.29. The van der Waals surface area contributed by atoms with E-state index in [1.807, 2.05) is 20.8 Å². The summed E-state index contributed by atoms with van der Waals surface area (Å²) in [7, 11) is -3.67. The first kappa shape index (κ1) is 16.1. The van der Waals surface area contributed by atoms with E-state index in [0.29, 0.717) is 12.8 Å². The number of aliphatic hydroxyl groups is 1. The fourth-order valence-electron chi connectivity index (χ4n) is 1.16. The van der Waals surface area contributed by atoms with Gasteiger partial charge in [0.2, 0.25) is 0 Å². The Hall–Kier alpha value is -0.860. The molecule has 1 aliphatic rings. The summed E-state index contributed by atoms with van der Waals surface area (Å²) < 4.78 is 30.8. The Morgan fingerprint density at radius 1 is 1.47 bits per heavy atom. The first-order valence-corrected chi connectivity index (χ1v) is 6.81. The van der Waals surface area contributed by atoms with Crippen molar-refractivity contribution < 1.29 is 27.6 Å². The van der Waals surface area contributed by atoms with E-state index in [-0.39, 0.29) is 24.3 Å². The SMILES string of the molecule is CC(C)(C)N1C[C@@H](CO)OC1=O.CS(=O)(=O)O. The number of hydrogen-bond acceptors (Lipinski definition) is 5. The van der Waals surface area contributed by atoms with Crippen molar-refractivity contribution >= 4 is 16.2 Å². The number of carbonyl (C=O) groups excluding carboxylic acids is 1. The molecule has 0 bridgehead atoms. The predicted molar refractivity (Wildman–Crippen MR) is 61.3 cm³/mol. The van der Waals surface area contributed by atoms with Gasteiger partial charge in [-0.1, -0.05) is 0 Å². The third kappa shape index (κ3) is 7.14. The normalized spacial score (nSPS) is 20.7. The molecule has 1 fully saturated rings. The number of nitrogens with zero attached hydrogens (tertiary/aromatic N) is 1. The van der Waals surface area contributed by atoms with Crippen LogP contribution in [0, 0.1) is 0 Å². The van der Waals surface area contributed by atoms with Crippen LogP contribution in [0.4, 0.5) is 4.79 Å². The summed E-state index contributed by atoms with van der Waals surface area (Å²) in [6.45, 7) is 6.20. The van der Waals surface area contributed by atoms with Crippen LogP contribution in [0.25, 0.3) is 0 Å². The van der Waals surface area contributed by atoms with Gasteiger partial charge >= 0.3 is 6.09 Å². The van der Waals surface area contributed by atoms with E-state index in [0.717, 1.165) is 0 Å². The van der Waals surface area contributed by atoms with Gasteiger partial charge in [-0.05, 0) is 20.8 Å². The van der Waals surface area contributed by atoms with Crippen LogP contribution < -0.4 is 0 Å². The predicted octanol–water partition coefficient (Wildman–Crippen LogP) is 0.102. The number of amides is 1. The minimum Gasteiger partial charge on any atom is -0.442 e. The van der Waals surface area contributed by atoms with Gasteiger partial charge in [0.15, 0.2) is 0 Å². The molecule has 1 heterocycles. The molecule has 0 aromatic carbocycles. The number of cyclic esters (lactones) is 1. The average Bonchev–Trinajstić information content (AvgIpc) is 2.42. The van der Waals surface area contributed by atoms with Crippen molar-refractivity contribution in [2.75, 3.05) is 19.4 Å². The van der Waals surface area contributed by atoms with Crippen LogP contribution in [-0.4, -0.2) is 60.1 Å². The van der Waals surface area contributed by atoms with Crippen molar-refractivity contribution in [3.63, 3.8) is 0 Å². The molecule has 102 valence electrons. The van der Waals surface area contributed by atoms with Crippen molar-refractivity contribution in [3.8, 4) is 0 Å². The summed E-state index contributed by atoms with van der Waals surface area (Å²) in [5, 5.41) is 8.76. The van der Waals surface area contributed by atoms with E-state index >= 15 is 0 Å². The molecule has 1 atom stereocenters. The van der Waals surface area contributed by atoms with Gasteiger partial charge in [0.1, 0.15) is 6.10 Å². The monoisotopic (exact) mass is 269 g/mol. The largest absolute Gasteiger partial charge is 0.442 e. The lowest BCUT2D eigenvalue weighted by molar-refractivity contribution is 0.0927. The summed E-state index contributed by atoms with van der Waals surface area (Å²) in [5.41, 5.74) is -0.221. The van der Waals surface area contributed by atoms with Crippen LogP contribution >= 0.6 is 0 Å². The molecule has 1 amide bonds. The minimum atomic E-state index is -3.67. The molecule has 2 N–H and O–H groups in total. The standard InChI is InChI=1S/C8H15NO3.CH4O3S/c1-8(2,3)9-4-6(5-10)12-7(9)11;1-5(2,3)4/h6,10H,4-5H2,1-3H3;1H3,(H,2,3,4)/t6-;/m0./s1. The molecule has 0 aromatic rings. The Labute approximate surface area is 101 Å². The van der Waals surface area contributed by atoms with Crippen molar-refractivity contribution in [1.29, 1.82) is 0 Å². The molecule has 0 aliphatic carbocycles. The Morgan fingerprint density at radius 2 is 1.88 bits per heavy atom. The third-order valence-corrected chi connectivity index (χ3v) is 1.89. The second-order valence-electron chi connectivity index (χ2n) is 4.70. The quantitative estimate of drug-likeness (QED) is 0.654. The maximum Gasteiger partial charge on any atom is 0.410 e. The highest BCUT2D eigenvalue weighted by molar-refractivity contribution is 7.85. The van der Waals surface area contributed by atoms with E-state index in [1.165, 1.54) is 0 Å². The molecule has 8 heteroatoms. The van der Waals surface area contributed by atoms with Crippen molar-refractivity contribution in [2.24, 2.45) is 0 Å². The molecule has 1 saturated heterocycles. The van der Waals surface area contributed by atoms with Crippen molar-refractivity contribution in [2.45, 2.75) is 32.4 Å². The third-order valence-electron chi connectivity index (χ3n) is 1.89. The summed E-state index contributed by atoms with van der Waals surface area (Å²) in [4.78, 5) is 12.8. The van der Waals surface area contributed by atoms with Gasteiger partial charge in [0.05, 0.1) is 19.4 Å². The number of carbonyl (C=O) groups is 1. The molecule has 0 unspecified atom stereocenters. The van der Waals surface area contributed by atoms with Crippen LogP contribution in [-0.2, 0) is 14.9 Å². The highest BCUT2D eigenvalue weighted by Crippen LogP contribution is 2.21. The van der Waals surface area contributed by atoms with E-state index in [9.17, 15) is 13.2 Å². The second-order valence-corrected chi connectivity index (χ2v) is 6.17. The minimum absolute atomic E-state index is 0.0989. The van der Waals surface area contributed by atoms with Gasteiger partial charge in [-0.15, -0.1) is 0 Å². The smallest absolute Gasteiger partial charge is 0.410 e. The lowest BCUT2D eigenvalue weighted by Crippen LogP contribution is -2.42. The van der Waals surface area contributed by atoms with E-state index in [2.05, 4.69) is 0 Å². The Balaban J connectivity index is 0.000000437. The zero-order valence-electron chi connectivity index (χ0n) is 10.4. The highest BCUT2D eigenvalue weighted by atomic mass is 32.2. The van der Waals surface area contributed by atoms with E-state index in [1.54, 1.807) is 4.90 Å². The molecule has 1 rings (SSSR count). The summed E-state index contributed by atoms with van der Waals surface area (Å²) >= 11 is 0. The van der Waals surface area contributed by atoms with Gasteiger partial charge in [0, 0.05) is 5.54 Å². The zero-order valence-corrected chi connectivity index (χ0v) is 11.2. The summed E-state index contributed by atoms with van der Waals surface area (Å²) in [6, 6.07) is 0. The molecule has 0 aromatic heterocycles. The molecule has 0 saturated carbocycles. The molecule has 1 aliphatic heterocycles. The number of ether oxygens (including phenoxy) is 1. The van der Waals surface area contributed by atoms with Crippen molar-refractivity contribution in [3.05, 3.63) is 0 Å². The van der Waals surface area contributed by atoms with Crippen LogP contribution in [0.5, 0.6) is 0 Å². The van der Waals surface area contributed by atoms with E-state index in [4.69, 9.17) is 14.4 Å².